The van der Waals surface area contributed by atoms with E-state index in [1.54, 1.807) is 20.0 Å². The Kier molecular flexibility index (Phi) is 6.63. The predicted octanol–water partition coefficient (Wildman–Crippen LogP) is 4.59. The van der Waals surface area contributed by atoms with Crippen LogP contribution < -0.4 is 0 Å². The number of benzene rings is 1. The zero-order valence-electron chi connectivity index (χ0n) is 20.1. The molecule has 0 aliphatic carbocycles. The first-order valence-corrected chi connectivity index (χ1v) is 11.3. The lowest BCUT2D eigenvalue weighted by Gasteiger charge is -2.31. The van der Waals surface area contributed by atoms with Gasteiger partial charge in [0, 0.05) is 46.7 Å². The first-order chi connectivity index (χ1) is 16.3. The molecular formula is C27H29N3O4. The Morgan fingerprint density at radius 3 is 2.56 bits per heavy atom. The second-order valence-electron chi connectivity index (χ2n) is 8.68. The normalized spacial score (nSPS) is 18.1. The van der Waals surface area contributed by atoms with Gasteiger partial charge in [-0.3, -0.25) is 14.8 Å². The van der Waals surface area contributed by atoms with E-state index in [2.05, 4.69) is 21.0 Å². The van der Waals surface area contributed by atoms with Gasteiger partial charge in [-0.15, -0.1) is 0 Å². The van der Waals surface area contributed by atoms with Crippen molar-refractivity contribution in [3.05, 3.63) is 76.4 Å². The number of hydrogen-bond donors (Lipinski definition) is 1. The van der Waals surface area contributed by atoms with E-state index < -0.39 is 23.8 Å². The number of para-hydroxylation sites is 1. The minimum Gasteiger partial charge on any atom is -0.468 e. The van der Waals surface area contributed by atoms with Crippen LogP contribution in [0.25, 0.3) is 10.9 Å². The Hall–Kier alpha value is -3.74. The van der Waals surface area contributed by atoms with Gasteiger partial charge < -0.3 is 14.5 Å². The first kappa shape index (κ1) is 23.4. The number of hydrogen-bond acceptors (Lipinski definition) is 6. The van der Waals surface area contributed by atoms with Crippen LogP contribution in [-0.4, -0.2) is 41.3 Å². The van der Waals surface area contributed by atoms with E-state index in [1.165, 1.54) is 7.11 Å². The van der Waals surface area contributed by atoms with Crippen molar-refractivity contribution in [2.45, 2.75) is 40.0 Å². The minimum absolute atomic E-state index is 0.224. The van der Waals surface area contributed by atoms with Crippen molar-refractivity contribution >= 4 is 28.6 Å². The van der Waals surface area contributed by atoms with Crippen molar-refractivity contribution in [1.29, 1.82) is 0 Å². The molecule has 3 aromatic rings. The Labute approximate surface area is 198 Å². The number of ether oxygens (including phenoxy) is 2. The van der Waals surface area contributed by atoms with E-state index in [0.717, 1.165) is 33.4 Å². The molecular weight excluding hydrogens is 430 g/mol. The van der Waals surface area contributed by atoms with Gasteiger partial charge in [-0.25, -0.2) is 4.79 Å². The van der Waals surface area contributed by atoms with Gasteiger partial charge in [-0.1, -0.05) is 18.2 Å². The van der Waals surface area contributed by atoms with E-state index in [-0.39, 0.29) is 6.61 Å². The second kappa shape index (κ2) is 9.63. The number of nitrogens with zero attached hydrogens (tertiary/aromatic N) is 2. The summed E-state index contributed by atoms with van der Waals surface area (Å²) in [6.07, 6.45) is 2.31. The molecule has 4 rings (SSSR count). The number of aryl methyl sites for hydroxylation is 2. The molecule has 3 heterocycles. The fourth-order valence-corrected chi connectivity index (χ4v) is 4.73. The molecule has 7 heteroatoms. The van der Waals surface area contributed by atoms with Crippen LogP contribution in [0.1, 0.15) is 42.3 Å². The smallest absolute Gasteiger partial charge is 0.336 e. The third-order valence-corrected chi connectivity index (χ3v) is 6.34. The first-order valence-electron chi connectivity index (χ1n) is 11.3. The summed E-state index contributed by atoms with van der Waals surface area (Å²) in [5.41, 5.74) is 6.31. The topological polar surface area (TPSA) is 93.6 Å². The van der Waals surface area contributed by atoms with Crippen LogP contribution in [0.4, 0.5) is 0 Å². The zero-order valence-corrected chi connectivity index (χ0v) is 20.1. The monoisotopic (exact) mass is 459 g/mol. The fourth-order valence-electron chi connectivity index (χ4n) is 4.73. The molecule has 7 nitrogen and oxygen atoms in total. The van der Waals surface area contributed by atoms with Crippen LogP contribution >= 0.6 is 0 Å². The second-order valence-corrected chi connectivity index (χ2v) is 8.68. The van der Waals surface area contributed by atoms with Crippen LogP contribution in [0.5, 0.6) is 0 Å². The molecule has 176 valence electrons. The number of esters is 2. The van der Waals surface area contributed by atoms with Crippen molar-refractivity contribution in [2.75, 3.05) is 13.7 Å². The molecule has 0 spiro atoms. The molecule has 0 bridgehead atoms. The number of aromatic nitrogens is 2. The van der Waals surface area contributed by atoms with E-state index in [1.807, 2.05) is 44.2 Å². The molecule has 0 amide bonds. The van der Waals surface area contributed by atoms with Crippen molar-refractivity contribution in [2.24, 2.45) is 10.9 Å². The summed E-state index contributed by atoms with van der Waals surface area (Å²) < 4.78 is 10.8. The summed E-state index contributed by atoms with van der Waals surface area (Å²) >= 11 is 0. The van der Waals surface area contributed by atoms with Crippen molar-refractivity contribution in [3.63, 3.8) is 0 Å². The molecule has 1 aliphatic heterocycles. The summed E-state index contributed by atoms with van der Waals surface area (Å²) in [6, 6.07) is 11.8. The Bertz CT molecular complexity index is 1320. The molecule has 0 fully saturated rings. The maximum absolute atomic E-state index is 13.4. The number of H-pyrrole nitrogens is 1. The number of methoxy groups -OCH3 is 1. The SMILES string of the molecule is COC(=O)C1C(C)=NC(C)=C(C(=O)OCCc2cc(C)[nH]c2C)C1c1cnc2ccccc2c1. The third-order valence-electron chi connectivity index (χ3n) is 6.34. The molecule has 1 N–H and O–H groups in total. The van der Waals surface area contributed by atoms with E-state index in [4.69, 9.17) is 9.47 Å². The summed E-state index contributed by atoms with van der Waals surface area (Å²) in [5, 5.41) is 0.924. The molecule has 1 aromatic carbocycles. The lowest BCUT2D eigenvalue weighted by atomic mass is 9.76. The summed E-state index contributed by atoms with van der Waals surface area (Å²) in [5.74, 6) is -2.28. The Morgan fingerprint density at radius 2 is 1.85 bits per heavy atom. The minimum atomic E-state index is -0.742. The number of rotatable bonds is 6. The van der Waals surface area contributed by atoms with E-state index in [0.29, 0.717) is 23.4 Å². The zero-order chi connectivity index (χ0) is 24.4. The maximum Gasteiger partial charge on any atom is 0.336 e. The van der Waals surface area contributed by atoms with Gasteiger partial charge in [-0.2, -0.15) is 0 Å². The van der Waals surface area contributed by atoms with Crippen LogP contribution in [0.2, 0.25) is 0 Å². The Morgan fingerprint density at radius 1 is 1.09 bits per heavy atom. The fraction of sp³-hybridized carbons (Fsp3) is 0.333. The number of allylic oxidation sites excluding steroid dienone is 1. The standard InChI is InChI=1S/C27H29N3O4/c1-15-12-19(16(2)29-15)10-11-34-27(32)24-18(4)30-17(3)23(26(31)33-5)25(24)21-13-20-8-6-7-9-22(20)28-14-21/h6-9,12-14,23,25,29H,10-11H2,1-5H3. The molecule has 1 aliphatic rings. The van der Waals surface area contributed by atoms with Gasteiger partial charge in [-0.05, 0) is 57.0 Å². The molecule has 0 radical (unpaired) electrons. The van der Waals surface area contributed by atoms with Gasteiger partial charge in [0.05, 0.1) is 24.8 Å². The van der Waals surface area contributed by atoms with Gasteiger partial charge >= 0.3 is 11.9 Å². The van der Waals surface area contributed by atoms with Gasteiger partial charge in [0.1, 0.15) is 5.92 Å². The van der Waals surface area contributed by atoms with Gasteiger partial charge in [0.25, 0.3) is 0 Å². The highest BCUT2D eigenvalue weighted by Gasteiger charge is 2.42. The maximum atomic E-state index is 13.4. The van der Waals surface area contributed by atoms with Crippen molar-refractivity contribution in [3.8, 4) is 0 Å². The average molecular weight is 460 g/mol. The molecule has 0 saturated heterocycles. The van der Waals surface area contributed by atoms with Gasteiger partial charge in [0.2, 0.25) is 0 Å². The largest absolute Gasteiger partial charge is 0.468 e. The lowest BCUT2D eigenvalue weighted by Crippen LogP contribution is -2.36. The van der Waals surface area contributed by atoms with Crippen LogP contribution in [0.15, 0.2) is 58.9 Å². The highest BCUT2D eigenvalue weighted by atomic mass is 16.5. The van der Waals surface area contributed by atoms with E-state index in [9.17, 15) is 9.59 Å². The molecule has 2 aromatic heterocycles. The van der Waals surface area contributed by atoms with Crippen LogP contribution in [0, 0.1) is 19.8 Å². The van der Waals surface area contributed by atoms with Crippen molar-refractivity contribution in [1.82, 2.24) is 9.97 Å². The lowest BCUT2D eigenvalue weighted by molar-refractivity contribution is -0.144. The number of pyridine rings is 1. The van der Waals surface area contributed by atoms with Crippen LogP contribution in [-0.2, 0) is 25.5 Å². The summed E-state index contributed by atoms with van der Waals surface area (Å²) in [4.78, 5) is 38.6. The van der Waals surface area contributed by atoms with Gasteiger partial charge in [0.15, 0.2) is 0 Å². The molecule has 2 atom stereocenters. The number of aliphatic imine (C=N–C) groups is 1. The summed E-state index contributed by atoms with van der Waals surface area (Å²) in [7, 11) is 1.34. The highest BCUT2D eigenvalue weighted by Crippen LogP contribution is 2.40. The predicted molar refractivity (Wildman–Crippen MR) is 131 cm³/mol. The quantitative estimate of drug-likeness (QED) is 0.544. The number of nitrogens with one attached hydrogen (secondary N) is 1. The third kappa shape index (κ3) is 4.51. The number of aromatic amines is 1. The number of fused-ring (bicyclic) bond motifs is 1. The average Bonchev–Trinajstić information content (AvgIpc) is 3.14. The molecule has 0 saturated carbocycles. The molecule has 34 heavy (non-hydrogen) atoms. The highest BCUT2D eigenvalue weighted by molar-refractivity contribution is 6.07. The summed E-state index contributed by atoms with van der Waals surface area (Å²) in [6.45, 7) is 7.77. The van der Waals surface area contributed by atoms with E-state index >= 15 is 0 Å². The number of carbonyl (C=O) groups excluding carboxylic acids is 2. The van der Waals surface area contributed by atoms with Crippen molar-refractivity contribution < 1.29 is 19.1 Å². The molecule has 2 unspecified atom stereocenters. The Balaban J connectivity index is 1.69. The number of carbonyl (C=O) groups is 2. The van der Waals surface area contributed by atoms with Crippen LogP contribution in [0.3, 0.4) is 0 Å².